The molecule has 6 aromatic carbocycles. The first-order valence-electron chi connectivity index (χ1n) is 16.9. The molecule has 0 unspecified atom stereocenters. The molecule has 0 bridgehead atoms. The molecule has 0 aliphatic heterocycles. The molecular formula is C42H32Cl4F2O7P+. The Labute approximate surface area is 342 Å². The van der Waals surface area contributed by atoms with Crippen LogP contribution < -0.4 is 9.47 Å². The summed E-state index contributed by atoms with van der Waals surface area (Å²) in [4.78, 5) is 0. The van der Waals surface area contributed by atoms with Gasteiger partial charge in [0.2, 0.25) is 13.6 Å². The molecule has 288 valence electrons. The number of benzene rings is 6. The van der Waals surface area contributed by atoms with Gasteiger partial charge in [0.25, 0.3) is 0 Å². The Bertz CT molecular complexity index is 2140. The van der Waals surface area contributed by atoms with Crippen molar-refractivity contribution in [2.24, 2.45) is 0 Å². The first-order chi connectivity index (χ1) is 26.9. The molecule has 0 atom stereocenters. The highest BCUT2D eigenvalue weighted by molar-refractivity contribution is 7.33. The fourth-order valence-corrected chi connectivity index (χ4v) is 7.36. The first kappa shape index (κ1) is 41.2. The first-order valence-corrected chi connectivity index (χ1v) is 19.6. The van der Waals surface area contributed by atoms with E-state index in [1.165, 1.54) is 24.3 Å². The van der Waals surface area contributed by atoms with Gasteiger partial charge in [-0.05, 0) is 105 Å². The van der Waals surface area contributed by atoms with E-state index in [0.29, 0.717) is 68.0 Å². The SMILES string of the molecule is O=[P+](OCOc1cc(Cl)c(Cc2ccc(O)c(Cc3ccc(F)cc3)c2)c(Cl)c1)OCOc1cc(Cl)c(Cc2ccc(O)c(Cc3ccc(F)cc3)c2)c(Cl)c1. The molecule has 0 amide bonds. The van der Waals surface area contributed by atoms with E-state index in [1.54, 1.807) is 72.8 Å². The third-order valence-electron chi connectivity index (χ3n) is 8.66. The van der Waals surface area contributed by atoms with Crippen LogP contribution in [0.2, 0.25) is 20.1 Å². The second kappa shape index (κ2) is 19.1. The van der Waals surface area contributed by atoms with E-state index in [4.69, 9.17) is 64.9 Å². The number of phenols is 2. The molecule has 0 saturated carbocycles. The van der Waals surface area contributed by atoms with Crippen LogP contribution in [0.5, 0.6) is 23.0 Å². The Balaban J connectivity index is 0.966. The smallest absolute Gasteiger partial charge is 0.508 e. The minimum Gasteiger partial charge on any atom is -0.508 e. The van der Waals surface area contributed by atoms with Crippen LogP contribution in [0.4, 0.5) is 8.78 Å². The van der Waals surface area contributed by atoms with Crippen LogP contribution in [0.3, 0.4) is 0 Å². The van der Waals surface area contributed by atoms with Gasteiger partial charge in [-0.3, -0.25) is 0 Å². The van der Waals surface area contributed by atoms with Crippen molar-refractivity contribution in [3.05, 3.63) is 185 Å². The van der Waals surface area contributed by atoms with Gasteiger partial charge in [-0.2, -0.15) is 0 Å². The van der Waals surface area contributed by atoms with Crippen molar-refractivity contribution in [3.8, 4) is 23.0 Å². The monoisotopic (exact) mass is 857 g/mol. The minimum absolute atomic E-state index is 0.120. The fourth-order valence-electron chi connectivity index (χ4n) is 5.81. The summed E-state index contributed by atoms with van der Waals surface area (Å²) >= 11 is 26.2. The number of aromatic hydroxyl groups is 2. The molecule has 14 heteroatoms. The Morgan fingerprint density at radius 2 is 0.821 bits per heavy atom. The molecule has 0 aliphatic carbocycles. The molecule has 56 heavy (non-hydrogen) atoms. The standard InChI is InChI=1S/C42H31Cl4F2O7P/c43-37-19-33(20-38(44)35(37)17-27-5-11-41(49)29(15-27)13-25-1-7-31(47)8-2-25)52-23-54-56(51)55-24-53-34-21-39(45)36(40(46)22-34)18-28-6-12-42(50)30(16-28)14-26-3-9-32(48)10-4-26/h1-12,15-16,19-22H,13-14,17-18,23-24H2,(H-,49,50)/p+1. The van der Waals surface area contributed by atoms with Gasteiger partial charge in [-0.15, -0.1) is 0 Å². The summed E-state index contributed by atoms with van der Waals surface area (Å²) in [6.07, 6.45) is 1.55. The van der Waals surface area contributed by atoms with Crippen LogP contribution in [0, 0.1) is 11.6 Å². The fraction of sp³-hybridized carbons (Fsp3) is 0.143. The molecule has 0 fully saturated rings. The van der Waals surface area contributed by atoms with Crippen LogP contribution >= 0.6 is 54.7 Å². The normalized spacial score (nSPS) is 11.1. The summed E-state index contributed by atoms with van der Waals surface area (Å²) in [6, 6.07) is 28.8. The summed E-state index contributed by atoms with van der Waals surface area (Å²) in [7, 11) is -2.65. The van der Waals surface area contributed by atoms with Gasteiger partial charge in [0.05, 0.1) is 0 Å². The molecule has 7 nitrogen and oxygen atoms in total. The van der Waals surface area contributed by atoms with E-state index in [0.717, 1.165) is 22.3 Å². The summed E-state index contributed by atoms with van der Waals surface area (Å²) < 4.78 is 60.3. The molecule has 0 aliphatic rings. The van der Waals surface area contributed by atoms with Crippen molar-refractivity contribution in [2.75, 3.05) is 13.6 Å². The molecule has 0 radical (unpaired) electrons. The Hall–Kier alpha value is -4.44. The van der Waals surface area contributed by atoms with Gasteiger partial charge in [0.15, 0.2) is 0 Å². The summed E-state index contributed by atoms with van der Waals surface area (Å²) in [5.74, 6) is 0.114. The van der Waals surface area contributed by atoms with Gasteiger partial charge in [-0.25, -0.2) is 8.78 Å². The number of ether oxygens (including phenoxy) is 2. The third kappa shape index (κ3) is 11.3. The highest BCUT2D eigenvalue weighted by Gasteiger charge is 2.22. The van der Waals surface area contributed by atoms with E-state index in [9.17, 15) is 23.6 Å². The quantitative estimate of drug-likeness (QED) is 0.0739. The Kier molecular flexibility index (Phi) is 14.1. The van der Waals surface area contributed by atoms with Crippen LogP contribution in [0.25, 0.3) is 0 Å². The van der Waals surface area contributed by atoms with Gasteiger partial charge < -0.3 is 19.7 Å². The zero-order valence-corrected chi connectivity index (χ0v) is 33.2. The average Bonchev–Trinajstić information content (AvgIpc) is 3.16. The molecule has 0 aromatic heterocycles. The van der Waals surface area contributed by atoms with Crippen LogP contribution in [-0.4, -0.2) is 23.8 Å². The van der Waals surface area contributed by atoms with Crippen molar-refractivity contribution < 1.29 is 42.1 Å². The highest BCUT2D eigenvalue weighted by Crippen LogP contribution is 2.36. The second-order valence-electron chi connectivity index (χ2n) is 12.6. The topological polar surface area (TPSA) is 94.5 Å². The lowest BCUT2D eigenvalue weighted by molar-refractivity contribution is 0.0697. The van der Waals surface area contributed by atoms with Crippen molar-refractivity contribution in [2.45, 2.75) is 25.7 Å². The zero-order chi connectivity index (χ0) is 39.8. The second-order valence-corrected chi connectivity index (χ2v) is 15.2. The van der Waals surface area contributed by atoms with Gasteiger partial charge in [-0.1, -0.05) is 104 Å². The van der Waals surface area contributed by atoms with E-state index in [2.05, 4.69) is 0 Å². The Morgan fingerprint density at radius 3 is 1.18 bits per heavy atom. The Morgan fingerprint density at radius 1 is 0.482 bits per heavy atom. The lowest BCUT2D eigenvalue weighted by Crippen LogP contribution is -2.03. The van der Waals surface area contributed by atoms with Gasteiger partial charge in [0.1, 0.15) is 34.6 Å². The van der Waals surface area contributed by atoms with Crippen LogP contribution in [0.1, 0.15) is 44.5 Å². The zero-order valence-electron chi connectivity index (χ0n) is 29.3. The summed E-state index contributed by atoms with van der Waals surface area (Å²) in [6.45, 7) is -0.887. The van der Waals surface area contributed by atoms with Crippen LogP contribution in [-0.2, 0) is 39.3 Å². The molecule has 6 aromatic rings. The third-order valence-corrected chi connectivity index (χ3v) is 10.6. The molecular weight excluding hydrogens is 827 g/mol. The van der Waals surface area contributed by atoms with Crippen molar-refractivity contribution in [1.29, 1.82) is 0 Å². The number of halogens is 6. The number of phenolic OH excluding ortho intramolecular Hbond substituents is 2. The van der Waals surface area contributed by atoms with Gasteiger partial charge in [0, 0.05) is 50.3 Å². The lowest BCUT2D eigenvalue weighted by Gasteiger charge is -2.12. The van der Waals surface area contributed by atoms with Crippen molar-refractivity contribution in [3.63, 3.8) is 0 Å². The largest absolute Gasteiger partial charge is 0.704 e. The predicted octanol–water partition coefficient (Wildman–Crippen LogP) is 12.4. The maximum absolute atomic E-state index is 13.3. The number of hydrogen-bond acceptors (Lipinski definition) is 7. The molecule has 0 saturated heterocycles. The number of rotatable bonds is 16. The molecule has 2 N–H and O–H groups in total. The molecule has 0 spiro atoms. The van der Waals surface area contributed by atoms with Crippen molar-refractivity contribution >= 4 is 54.7 Å². The predicted molar refractivity (Wildman–Crippen MR) is 214 cm³/mol. The summed E-state index contributed by atoms with van der Waals surface area (Å²) in [5, 5.41) is 22.1. The average molecular weight is 859 g/mol. The van der Waals surface area contributed by atoms with Crippen molar-refractivity contribution in [1.82, 2.24) is 0 Å². The lowest BCUT2D eigenvalue weighted by atomic mass is 9.98. The molecule has 6 rings (SSSR count). The molecule has 0 heterocycles. The van der Waals surface area contributed by atoms with E-state index >= 15 is 0 Å². The van der Waals surface area contributed by atoms with Gasteiger partial charge >= 0.3 is 8.25 Å². The summed E-state index contributed by atoms with van der Waals surface area (Å²) in [5.41, 5.74) is 5.99. The minimum atomic E-state index is -2.65. The maximum atomic E-state index is 13.3. The maximum Gasteiger partial charge on any atom is 0.704 e. The highest BCUT2D eigenvalue weighted by atomic mass is 35.5. The van der Waals surface area contributed by atoms with E-state index in [1.807, 2.05) is 12.1 Å². The van der Waals surface area contributed by atoms with E-state index in [-0.39, 0.29) is 34.6 Å². The number of hydrogen-bond donors (Lipinski definition) is 2. The van der Waals surface area contributed by atoms with Crippen LogP contribution in [0.15, 0.2) is 109 Å². The van der Waals surface area contributed by atoms with E-state index < -0.39 is 21.8 Å².